The number of amides is 1. The van der Waals surface area contributed by atoms with E-state index >= 15 is 0 Å². The third-order valence-corrected chi connectivity index (χ3v) is 4.71. The molecule has 5 heteroatoms. The largest absolute Gasteiger partial charge is 0.497 e. The monoisotopic (exact) mass is 350 g/mol. The van der Waals surface area contributed by atoms with Crippen LogP contribution in [0.4, 0.5) is 0 Å². The lowest BCUT2D eigenvalue weighted by atomic mass is 10.2. The van der Waals surface area contributed by atoms with Gasteiger partial charge in [-0.05, 0) is 42.7 Å². The maximum Gasteiger partial charge on any atom is 0.223 e. The summed E-state index contributed by atoms with van der Waals surface area (Å²) < 4.78 is 10.9. The molecule has 0 radical (unpaired) electrons. The molecule has 0 aliphatic heterocycles. The van der Waals surface area contributed by atoms with Crippen LogP contribution in [0.1, 0.15) is 30.7 Å². The molecular weight excluding hydrogens is 328 g/mol. The second kappa shape index (κ2) is 7.20. The minimum Gasteiger partial charge on any atom is -0.497 e. The van der Waals surface area contributed by atoms with Crippen LogP contribution in [0.5, 0.6) is 5.75 Å². The van der Waals surface area contributed by atoms with Gasteiger partial charge in [0.05, 0.1) is 7.11 Å². The highest BCUT2D eigenvalue weighted by molar-refractivity contribution is 5.77. The van der Waals surface area contributed by atoms with Crippen molar-refractivity contribution in [2.45, 2.75) is 38.3 Å². The number of hydrogen-bond acceptors (Lipinski definition) is 4. The molecule has 1 fully saturated rings. The van der Waals surface area contributed by atoms with Gasteiger partial charge in [0.15, 0.2) is 11.5 Å². The van der Waals surface area contributed by atoms with E-state index in [4.69, 9.17) is 9.15 Å². The summed E-state index contributed by atoms with van der Waals surface area (Å²) in [6, 6.07) is 15.9. The third-order valence-electron chi connectivity index (χ3n) is 4.71. The van der Waals surface area contributed by atoms with Crippen LogP contribution >= 0.6 is 0 Å². The number of carbonyl (C=O) groups is 1. The first kappa shape index (κ1) is 16.6. The van der Waals surface area contributed by atoms with Gasteiger partial charge in [0.1, 0.15) is 11.3 Å². The molecule has 4 rings (SSSR count). The highest BCUT2D eigenvalue weighted by Gasteiger charge is 2.32. The molecule has 0 unspecified atom stereocenters. The van der Waals surface area contributed by atoms with E-state index in [0.717, 1.165) is 35.3 Å². The Morgan fingerprint density at radius 1 is 1.19 bits per heavy atom. The Bertz CT molecular complexity index is 864. The van der Waals surface area contributed by atoms with Crippen LogP contribution in [0.3, 0.4) is 0 Å². The predicted octanol–water partition coefficient (Wildman–Crippen LogP) is 3.96. The van der Waals surface area contributed by atoms with E-state index in [2.05, 4.69) is 4.98 Å². The zero-order valence-corrected chi connectivity index (χ0v) is 14.9. The number of hydrogen-bond donors (Lipinski definition) is 0. The average Bonchev–Trinajstić information content (AvgIpc) is 3.43. The number of para-hydroxylation sites is 2. The summed E-state index contributed by atoms with van der Waals surface area (Å²) in [5.41, 5.74) is 2.73. The number of benzene rings is 2. The number of oxazole rings is 1. The molecule has 1 aliphatic rings. The summed E-state index contributed by atoms with van der Waals surface area (Å²) >= 11 is 0. The maximum absolute atomic E-state index is 12.8. The van der Waals surface area contributed by atoms with Crippen LogP contribution in [0.2, 0.25) is 0 Å². The molecule has 0 bridgehead atoms. The van der Waals surface area contributed by atoms with Gasteiger partial charge in [-0.1, -0.05) is 24.3 Å². The minimum atomic E-state index is 0.158. The maximum atomic E-state index is 12.8. The number of fused-ring (bicyclic) bond motifs is 1. The molecule has 2 aromatic carbocycles. The molecule has 26 heavy (non-hydrogen) atoms. The van der Waals surface area contributed by atoms with Crippen molar-refractivity contribution < 1.29 is 13.9 Å². The van der Waals surface area contributed by atoms with E-state index in [9.17, 15) is 4.79 Å². The number of nitrogens with zero attached hydrogens (tertiary/aromatic N) is 2. The molecule has 1 heterocycles. The number of ether oxygens (including phenoxy) is 1. The predicted molar refractivity (Wildman–Crippen MR) is 98.9 cm³/mol. The first-order valence-electron chi connectivity index (χ1n) is 9.00. The fourth-order valence-electron chi connectivity index (χ4n) is 3.12. The van der Waals surface area contributed by atoms with E-state index in [1.54, 1.807) is 7.11 Å². The van der Waals surface area contributed by atoms with Crippen LogP contribution < -0.4 is 4.74 Å². The lowest BCUT2D eigenvalue weighted by molar-refractivity contribution is -0.132. The molecule has 1 aliphatic carbocycles. The molecule has 0 spiro atoms. The Morgan fingerprint density at radius 3 is 2.65 bits per heavy atom. The Labute approximate surface area is 152 Å². The summed E-state index contributed by atoms with van der Waals surface area (Å²) in [5, 5.41) is 0. The van der Waals surface area contributed by atoms with Gasteiger partial charge in [-0.3, -0.25) is 4.79 Å². The summed E-state index contributed by atoms with van der Waals surface area (Å²) in [7, 11) is 1.65. The topological polar surface area (TPSA) is 55.6 Å². The fraction of sp³-hybridized carbons (Fsp3) is 0.333. The van der Waals surface area contributed by atoms with Gasteiger partial charge in [0.25, 0.3) is 0 Å². The van der Waals surface area contributed by atoms with Crippen LogP contribution in [-0.2, 0) is 17.8 Å². The molecule has 1 amide bonds. The van der Waals surface area contributed by atoms with E-state index in [0.29, 0.717) is 31.3 Å². The molecule has 1 aromatic heterocycles. The lowest BCUT2D eigenvalue weighted by Gasteiger charge is -2.22. The number of methoxy groups -OCH3 is 1. The second-order valence-electron chi connectivity index (χ2n) is 6.68. The summed E-state index contributed by atoms with van der Waals surface area (Å²) in [4.78, 5) is 19.2. The van der Waals surface area contributed by atoms with E-state index < -0.39 is 0 Å². The van der Waals surface area contributed by atoms with Gasteiger partial charge >= 0.3 is 0 Å². The van der Waals surface area contributed by atoms with Gasteiger partial charge in [0, 0.05) is 25.4 Å². The summed E-state index contributed by atoms with van der Waals surface area (Å²) in [6.45, 7) is 0.640. The standard InChI is InChI=1S/C21H22N2O3/c1-25-17-10-6-15(7-11-17)14-23(16-8-9-16)21(24)13-12-20-22-18-4-2-3-5-19(18)26-20/h2-7,10-11,16H,8-9,12-14H2,1H3. The number of rotatable bonds is 7. The normalized spacial score (nSPS) is 13.7. The molecule has 134 valence electrons. The van der Waals surface area contributed by atoms with E-state index in [1.165, 1.54) is 0 Å². The molecular formula is C21H22N2O3. The number of carbonyl (C=O) groups excluding carboxylic acids is 1. The highest BCUT2D eigenvalue weighted by Crippen LogP contribution is 2.29. The van der Waals surface area contributed by atoms with Crippen molar-refractivity contribution in [2.75, 3.05) is 7.11 Å². The van der Waals surface area contributed by atoms with Gasteiger partial charge < -0.3 is 14.1 Å². The molecule has 0 N–H and O–H groups in total. The Hall–Kier alpha value is -2.82. The van der Waals surface area contributed by atoms with E-state index in [1.807, 2.05) is 53.4 Å². The first-order chi connectivity index (χ1) is 12.7. The Kier molecular flexibility index (Phi) is 4.61. The van der Waals surface area contributed by atoms with Gasteiger partial charge in [0.2, 0.25) is 5.91 Å². The van der Waals surface area contributed by atoms with Gasteiger partial charge in [-0.25, -0.2) is 4.98 Å². The van der Waals surface area contributed by atoms with Crippen molar-refractivity contribution in [3.63, 3.8) is 0 Å². The van der Waals surface area contributed by atoms with E-state index in [-0.39, 0.29) is 5.91 Å². The molecule has 5 nitrogen and oxygen atoms in total. The van der Waals surface area contributed by atoms with Crippen LogP contribution in [0.15, 0.2) is 52.9 Å². The smallest absolute Gasteiger partial charge is 0.223 e. The van der Waals surface area contributed by atoms with Crippen LogP contribution in [0.25, 0.3) is 11.1 Å². The molecule has 1 saturated carbocycles. The van der Waals surface area contributed by atoms with Crippen molar-refractivity contribution in [1.82, 2.24) is 9.88 Å². The summed E-state index contributed by atoms with van der Waals surface area (Å²) in [6.07, 6.45) is 3.12. The van der Waals surface area contributed by atoms with Gasteiger partial charge in [-0.2, -0.15) is 0 Å². The Morgan fingerprint density at radius 2 is 1.96 bits per heavy atom. The first-order valence-corrected chi connectivity index (χ1v) is 9.00. The zero-order chi connectivity index (χ0) is 17.9. The Balaban J connectivity index is 1.40. The highest BCUT2D eigenvalue weighted by atomic mass is 16.5. The second-order valence-corrected chi connectivity index (χ2v) is 6.68. The average molecular weight is 350 g/mol. The van der Waals surface area contributed by atoms with Gasteiger partial charge in [-0.15, -0.1) is 0 Å². The third kappa shape index (κ3) is 3.72. The molecule has 3 aromatic rings. The lowest BCUT2D eigenvalue weighted by Crippen LogP contribution is -2.32. The van der Waals surface area contributed by atoms with Crippen molar-refractivity contribution in [1.29, 1.82) is 0 Å². The van der Waals surface area contributed by atoms with Crippen LogP contribution in [0, 0.1) is 0 Å². The van der Waals surface area contributed by atoms with Crippen molar-refractivity contribution >= 4 is 17.0 Å². The molecule has 0 atom stereocenters. The number of aryl methyl sites for hydroxylation is 1. The summed E-state index contributed by atoms with van der Waals surface area (Å²) in [5.74, 6) is 1.61. The zero-order valence-electron chi connectivity index (χ0n) is 14.9. The fourth-order valence-corrected chi connectivity index (χ4v) is 3.12. The molecule has 0 saturated heterocycles. The van der Waals surface area contributed by atoms with Crippen molar-refractivity contribution in [3.05, 3.63) is 60.0 Å². The van der Waals surface area contributed by atoms with Crippen LogP contribution in [-0.4, -0.2) is 28.9 Å². The SMILES string of the molecule is COc1ccc(CN(C(=O)CCc2nc3ccccc3o2)C2CC2)cc1. The van der Waals surface area contributed by atoms with Crippen molar-refractivity contribution in [3.8, 4) is 5.75 Å². The van der Waals surface area contributed by atoms with Crippen molar-refractivity contribution in [2.24, 2.45) is 0 Å². The minimum absolute atomic E-state index is 0.158. The number of aromatic nitrogens is 1. The quantitative estimate of drug-likeness (QED) is 0.647.